The predicted molar refractivity (Wildman–Crippen MR) is 71.1 cm³/mol. The predicted octanol–water partition coefficient (Wildman–Crippen LogP) is 0.913. The molecule has 2 rings (SSSR count). The van der Waals surface area contributed by atoms with E-state index in [1.807, 2.05) is 19.2 Å². The van der Waals surface area contributed by atoms with Gasteiger partial charge in [-0.3, -0.25) is 4.79 Å². The van der Waals surface area contributed by atoms with E-state index >= 15 is 0 Å². The fourth-order valence-corrected chi connectivity index (χ4v) is 1.87. The van der Waals surface area contributed by atoms with Crippen LogP contribution in [0.4, 0.5) is 0 Å². The van der Waals surface area contributed by atoms with Crippen molar-refractivity contribution in [2.75, 3.05) is 20.1 Å². The molecule has 0 atom stereocenters. The summed E-state index contributed by atoms with van der Waals surface area (Å²) >= 11 is 0. The monoisotopic (exact) mass is 246 g/mol. The molecular weight excluding hydrogens is 228 g/mol. The number of likely N-dealkylation sites (N-methyl/N-ethyl adjacent to an activating group) is 1. The van der Waals surface area contributed by atoms with Crippen LogP contribution < -0.4 is 5.73 Å². The van der Waals surface area contributed by atoms with Gasteiger partial charge in [0.2, 0.25) is 5.91 Å². The Morgan fingerprint density at radius 2 is 2.33 bits per heavy atom. The van der Waals surface area contributed by atoms with Gasteiger partial charge in [0.15, 0.2) is 0 Å². The minimum Gasteiger partial charge on any atom is -0.345 e. The van der Waals surface area contributed by atoms with Gasteiger partial charge in [-0.1, -0.05) is 6.07 Å². The second kappa shape index (κ2) is 5.64. The Morgan fingerprint density at radius 3 is 3.11 bits per heavy atom. The number of hydrogen-bond acceptors (Lipinski definition) is 3. The van der Waals surface area contributed by atoms with Crippen LogP contribution in [0.15, 0.2) is 24.5 Å². The third-order valence-electron chi connectivity index (χ3n) is 3.00. The Bertz CT molecular complexity index is 535. The minimum absolute atomic E-state index is 0.0973. The summed E-state index contributed by atoms with van der Waals surface area (Å²) in [5, 5.41) is 0. The van der Waals surface area contributed by atoms with Crippen LogP contribution in [0.25, 0.3) is 11.0 Å². The third-order valence-corrected chi connectivity index (χ3v) is 3.00. The molecule has 1 amide bonds. The number of imidazole rings is 1. The number of aromatic amines is 1. The van der Waals surface area contributed by atoms with Crippen molar-refractivity contribution < 1.29 is 4.79 Å². The van der Waals surface area contributed by atoms with Gasteiger partial charge < -0.3 is 15.6 Å². The highest BCUT2D eigenvalue weighted by molar-refractivity contribution is 5.76. The topological polar surface area (TPSA) is 75.0 Å². The van der Waals surface area contributed by atoms with Crippen LogP contribution in [0.5, 0.6) is 0 Å². The average Bonchev–Trinajstić information content (AvgIpc) is 2.83. The number of fused-ring (bicyclic) bond motifs is 1. The molecule has 3 N–H and O–H groups in total. The summed E-state index contributed by atoms with van der Waals surface area (Å²) in [6.45, 7) is 1.11. The first-order chi connectivity index (χ1) is 8.70. The Hall–Kier alpha value is -1.88. The number of H-pyrrole nitrogens is 1. The van der Waals surface area contributed by atoms with Gasteiger partial charge >= 0.3 is 0 Å². The fourth-order valence-electron chi connectivity index (χ4n) is 1.87. The van der Waals surface area contributed by atoms with Gasteiger partial charge in [0.05, 0.1) is 17.4 Å². The lowest BCUT2D eigenvalue weighted by Crippen LogP contribution is -2.30. The molecule has 0 aliphatic carbocycles. The normalized spacial score (nSPS) is 10.8. The van der Waals surface area contributed by atoms with E-state index in [1.54, 1.807) is 11.2 Å². The molecule has 2 aromatic rings. The minimum atomic E-state index is 0.0973. The average molecular weight is 246 g/mol. The van der Waals surface area contributed by atoms with Crippen molar-refractivity contribution in [3.63, 3.8) is 0 Å². The quantitative estimate of drug-likeness (QED) is 0.823. The number of hydrogen-bond donors (Lipinski definition) is 2. The van der Waals surface area contributed by atoms with Crippen molar-refractivity contribution in [3.8, 4) is 0 Å². The first-order valence-corrected chi connectivity index (χ1v) is 6.07. The Kier molecular flexibility index (Phi) is 3.94. The zero-order chi connectivity index (χ0) is 13.0. The fraction of sp³-hybridized carbons (Fsp3) is 0.385. The SMILES string of the molecule is CN(CCc1ccc2nc[nH]c2c1)C(=O)CCN. The molecule has 18 heavy (non-hydrogen) atoms. The van der Waals surface area contributed by atoms with E-state index in [2.05, 4.69) is 16.0 Å². The van der Waals surface area contributed by atoms with Gasteiger partial charge in [0, 0.05) is 26.6 Å². The molecule has 0 bridgehead atoms. The number of nitrogens with one attached hydrogen (secondary N) is 1. The molecule has 0 saturated carbocycles. The van der Waals surface area contributed by atoms with E-state index in [9.17, 15) is 4.79 Å². The van der Waals surface area contributed by atoms with E-state index in [0.29, 0.717) is 19.5 Å². The van der Waals surface area contributed by atoms with Crippen LogP contribution >= 0.6 is 0 Å². The molecule has 0 aliphatic heterocycles. The number of nitrogens with zero attached hydrogens (tertiary/aromatic N) is 2. The van der Waals surface area contributed by atoms with Crippen LogP contribution in [0.1, 0.15) is 12.0 Å². The number of rotatable bonds is 5. The zero-order valence-corrected chi connectivity index (χ0v) is 10.5. The maximum Gasteiger partial charge on any atom is 0.223 e. The van der Waals surface area contributed by atoms with Gasteiger partial charge in [-0.2, -0.15) is 0 Å². The van der Waals surface area contributed by atoms with Crippen LogP contribution in [0, 0.1) is 0 Å². The smallest absolute Gasteiger partial charge is 0.223 e. The second-order valence-corrected chi connectivity index (χ2v) is 4.36. The summed E-state index contributed by atoms with van der Waals surface area (Å²) in [5.74, 6) is 0.0973. The van der Waals surface area contributed by atoms with E-state index < -0.39 is 0 Å². The van der Waals surface area contributed by atoms with Gasteiger partial charge in [-0.05, 0) is 24.1 Å². The Labute approximate surface area is 106 Å². The molecule has 0 fully saturated rings. The molecule has 0 saturated heterocycles. The number of amides is 1. The summed E-state index contributed by atoms with van der Waals surface area (Å²) < 4.78 is 0. The van der Waals surface area contributed by atoms with Crippen molar-refractivity contribution in [2.24, 2.45) is 5.73 Å². The van der Waals surface area contributed by atoms with E-state index in [4.69, 9.17) is 5.73 Å². The summed E-state index contributed by atoms with van der Waals surface area (Å²) in [5.41, 5.74) is 8.56. The van der Waals surface area contributed by atoms with Gasteiger partial charge in [-0.15, -0.1) is 0 Å². The second-order valence-electron chi connectivity index (χ2n) is 4.36. The summed E-state index contributed by atoms with van der Waals surface area (Å²) in [7, 11) is 1.81. The van der Waals surface area contributed by atoms with E-state index in [0.717, 1.165) is 17.5 Å². The maximum absolute atomic E-state index is 11.6. The van der Waals surface area contributed by atoms with Crippen molar-refractivity contribution in [2.45, 2.75) is 12.8 Å². The Balaban J connectivity index is 1.95. The van der Waals surface area contributed by atoms with E-state index in [1.165, 1.54) is 5.56 Å². The van der Waals surface area contributed by atoms with Crippen LogP contribution in [0.2, 0.25) is 0 Å². The lowest BCUT2D eigenvalue weighted by atomic mass is 10.1. The van der Waals surface area contributed by atoms with Gasteiger partial charge in [-0.25, -0.2) is 4.98 Å². The van der Waals surface area contributed by atoms with Crippen LogP contribution in [-0.4, -0.2) is 40.9 Å². The maximum atomic E-state index is 11.6. The van der Waals surface area contributed by atoms with E-state index in [-0.39, 0.29) is 5.91 Å². The summed E-state index contributed by atoms with van der Waals surface area (Å²) in [6, 6.07) is 6.11. The zero-order valence-electron chi connectivity index (χ0n) is 10.5. The number of carbonyl (C=O) groups is 1. The first-order valence-electron chi connectivity index (χ1n) is 6.07. The molecule has 0 unspecified atom stereocenters. The number of carbonyl (C=O) groups excluding carboxylic acids is 1. The van der Waals surface area contributed by atoms with Crippen LogP contribution in [-0.2, 0) is 11.2 Å². The lowest BCUT2D eigenvalue weighted by Gasteiger charge is -2.16. The largest absolute Gasteiger partial charge is 0.345 e. The molecule has 1 aromatic heterocycles. The third kappa shape index (κ3) is 2.87. The standard InChI is InChI=1S/C13H18N4O/c1-17(13(18)4-6-14)7-5-10-2-3-11-12(8-10)16-9-15-11/h2-3,8-9H,4-7,14H2,1H3,(H,15,16). The first kappa shape index (κ1) is 12.6. The van der Waals surface area contributed by atoms with Crippen molar-refractivity contribution in [3.05, 3.63) is 30.1 Å². The molecule has 0 aliphatic rings. The number of aromatic nitrogens is 2. The van der Waals surface area contributed by atoms with Gasteiger partial charge in [0.25, 0.3) is 0 Å². The highest BCUT2D eigenvalue weighted by Crippen LogP contribution is 2.12. The molecule has 0 spiro atoms. The highest BCUT2D eigenvalue weighted by Gasteiger charge is 2.07. The lowest BCUT2D eigenvalue weighted by molar-refractivity contribution is -0.129. The molecular formula is C13H18N4O. The molecule has 96 valence electrons. The summed E-state index contributed by atoms with van der Waals surface area (Å²) in [4.78, 5) is 20.5. The van der Waals surface area contributed by atoms with Crippen molar-refractivity contribution >= 4 is 16.9 Å². The molecule has 5 heteroatoms. The van der Waals surface area contributed by atoms with Gasteiger partial charge in [0.1, 0.15) is 0 Å². The van der Waals surface area contributed by atoms with Crippen molar-refractivity contribution in [1.29, 1.82) is 0 Å². The summed E-state index contributed by atoms with van der Waals surface area (Å²) in [6.07, 6.45) is 2.93. The highest BCUT2D eigenvalue weighted by atomic mass is 16.2. The Morgan fingerprint density at radius 1 is 1.50 bits per heavy atom. The van der Waals surface area contributed by atoms with Crippen LogP contribution in [0.3, 0.4) is 0 Å². The molecule has 0 radical (unpaired) electrons. The number of nitrogens with two attached hydrogens (primary N) is 1. The molecule has 5 nitrogen and oxygen atoms in total. The number of benzene rings is 1. The van der Waals surface area contributed by atoms with Crippen molar-refractivity contribution in [1.82, 2.24) is 14.9 Å². The molecule has 1 heterocycles. The molecule has 1 aromatic carbocycles.